The number of likely N-dealkylation sites (tertiary alicyclic amines) is 1. The monoisotopic (exact) mass is 280 g/mol. The zero-order chi connectivity index (χ0) is 15.0. The summed E-state index contributed by atoms with van der Waals surface area (Å²) in [5.74, 6) is 0. The number of fused-ring (bicyclic) bond motifs is 2. The average Bonchev–Trinajstić information content (AvgIpc) is 2.52. The van der Waals surface area contributed by atoms with Crippen LogP contribution in [0.25, 0.3) is 0 Å². The number of hydrogen-bond acceptors (Lipinski definition) is 2. The third kappa shape index (κ3) is 4.73. The largest absolute Gasteiger partial charge is 0.300 e. The van der Waals surface area contributed by atoms with Crippen molar-refractivity contribution in [2.75, 3.05) is 26.2 Å². The van der Waals surface area contributed by atoms with Crippen LogP contribution < -0.4 is 0 Å². The van der Waals surface area contributed by atoms with E-state index in [4.69, 9.17) is 0 Å². The molecule has 0 radical (unpaired) electrons. The maximum absolute atomic E-state index is 2.83. The molecule has 2 aliphatic rings. The second-order valence-corrected chi connectivity index (χ2v) is 9.50. The van der Waals surface area contributed by atoms with Crippen LogP contribution in [0.3, 0.4) is 0 Å². The quantitative estimate of drug-likeness (QED) is 0.768. The van der Waals surface area contributed by atoms with Gasteiger partial charge in [-0.2, -0.15) is 0 Å². The van der Waals surface area contributed by atoms with E-state index >= 15 is 0 Å². The van der Waals surface area contributed by atoms with E-state index in [0.29, 0.717) is 10.8 Å². The van der Waals surface area contributed by atoms with Gasteiger partial charge in [0.2, 0.25) is 0 Å². The summed E-state index contributed by atoms with van der Waals surface area (Å²) < 4.78 is 0. The molecule has 2 fully saturated rings. The SMILES string of the molecule is CC(C)(C)CCN1CC2CCC(C1)N2CCC(C)(C)C. The summed E-state index contributed by atoms with van der Waals surface area (Å²) in [6, 6.07) is 1.69. The van der Waals surface area contributed by atoms with Gasteiger partial charge in [-0.25, -0.2) is 0 Å². The lowest BCUT2D eigenvalue weighted by Crippen LogP contribution is -2.54. The second kappa shape index (κ2) is 5.96. The van der Waals surface area contributed by atoms with Crippen LogP contribution in [0, 0.1) is 10.8 Å². The summed E-state index contributed by atoms with van der Waals surface area (Å²) in [6.45, 7) is 19.4. The molecule has 0 aliphatic carbocycles. The van der Waals surface area contributed by atoms with Crippen molar-refractivity contribution in [3.8, 4) is 0 Å². The molecule has 2 atom stereocenters. The van der Waals surface area contributed by atoms with Crippen molar-refractivity contribution in [1.29, 1.82) is 0 Å². The highest BCUT2D eigenvalue weighted by Crippen LogP contribution is 2.32. The Balaban J connectivity index is 1.82. The van der Waals surface area contributed by atoms with Crippen molar-refractivity contribution in [3.63, 3.8) is 0 Å². The molecule has 2 heterocycles. The van der Waals surface area contributed by atoms with Crippen molar-refractivity contribution < 1.29 is 0 Å². The first-order valence-corrected chi connectivity index (χ1v) is 8.62. The summed E-state index contributed by atoms with van der Waals surface area (Å²) in [5, 5.41) is 0. The minimum atomic E-state index is 0.475. The van der Waals surface area contributed by atoms with Crippen LogP contribution in [-0.2, 0) is 0 Å². The van der Waals surface area contributed by atoms with E-state index in [1.807, 2.05) is 0 Å². The summed E-state index contributed by atoms with van der Waals surface area (Å²) in [7, 11) is 0. The predicted octanol–water partition coefficient (Wildman–Crippen LogP) is 4.01. The third-order valence-corrected chi connectivity index (χ3v) is 5.01. The number of piperazine rings is 1. The fraction of sp³-hybridized carbons (Fsp3) is 1.00. The summed E-state index contributed by atoms with van der Waals surface area (Å²) in [6.07, 6.45) is 5.53. The molecule has 0 aromatic heterocycles. The summed E-state index contributed by atoms with van der Waals surface area (Å²) in [4.78, 5) is 5.57. The molecular formula is C18H36N2. The molecule has 2 aliphatic heterocycles. The molecule has 2 bridgehead atoms. The average molecular weight is 280 g/mol. The molecule has 2 rings (SSSR count). The number of nitrogens with zero attached hydrogens (tertiary/aromatic N) is 2. The molecule has 20 heavy (non-hydrogen) atoms. The van der Waals surface area contributed by atoms with Crippen molar-refractivity contribution in [2.24, 2.45) is 10.8 Å². The Kier molecular flexibility index (Phi) is 4.86. The molecule has 2 nitrogen and oxygen atoms in total. The standard InChI is InChI=1S/C18H36N2/c1-17(2,3)9-11-19-13-15-7-8-16(14-19)20(15)12-10-18(4,5)6/h15-16H,7-14H2,1-6H3. The zero-order valence-electron chi connectivity index (χ0n) is 14.7. The van der Waals surface area contributed by atoms with Gasteiger partial charge in [0.1, 0.15) is 0 Å². The molecule has 0 spiro atoms. The van der Waals surface area contributed by atoms with Crippen LogP contribution in [0.15, 0.2) is 0 Å². The van der Waals surface area contributed by atoms with E-state index in [9.17, 15) is 0 Å². The maximum atomic E-state index is 2.83. The third-order valence-electron chi connectivity index (χ3n) is 5.01. The second-order valence-electron chi connectivity index (χ2n) is 9.50. The van der Waals surface area contributed by atoms with Crippen LogP contribution in [0.4, 0.5) is 0 Å². The highest BCUT2D eigenvalue weighted by molar-refractivity contribution is 4.96. The summed E-state index contributed by atoms with van der Waals surface area (Å²) in [5.41, 5.74) is 0.950. The Hall–Kier alpha value is -0.0800. The fourth-order valence-corrected chi connectivity index (χ4v) is 3.58. The molecule has 0 aromatic rings. The lowest BCUT2D eigenvalue weighted by atomic mass is 9.91. The molecule has 118 valence electrons. The van der Waals surface area contributed by atoms with Gasteiger partial charge in [-0.05, 0) is 49.6 Å². The van der Waals surface area contributed by atoms with Gasteiger partial charge in [-0.1, -0.05) is 41.5 Å². The smallest absolute Gasteiger partial charge is 0.0227 e. The van der Waals surface area contributed by atoms with E-state index in [0.717, 1.165) is 12.1 Å². The molecule has 2 unspecified atom stereocenters. The van der Waals surface area contributed by atoms with Crippen LogP contribution in [0.2, 0.25) is 0 Å². The first-order valence-electron chi connectivity index (χ1n) is 8.62. The Labute approximate surface area is 126 Å². The van der Waals surface area contributed by atoms with Crippen LogP contribution >= 0.6 is 0 Å². The van der Waals surface area contributed by atoms with Crippen molar-refractivity contribution in [3.05, 3.63) is 0 Å². The van der Waals surface area contributed by atoms with E-state index in [2.05, 4.69) is 51.3 Å². The van der Waals surface area contributed by atoms with Gasteiger partial charge < -0.3 is 4.90 Å². The molecule has 2 heteroatoms. The van der Waals surface area contributed by atoms with Gasteiger partial charge in [0, 0.05) is 25.2 Å². The minimum Gasteiger partial charge on any atom is -0.300 e. The number of hydrogen-bond donors (Lipinski definition) is 0. The van der Waals surface area contributed by atoms with Crippen molar-refractivity contribution in [2.45, 2.75) is 79.3 Å². The molecule has 0 amide bonds. The minimum absolute atomic E-state index is 0.475. The topological polar surface area (TPSA) is 6.48 Å². The molecular weight excluding hydrogens is 244 g/mol. The molecule has 2 saturated heterocycles. The lowest BCUT2D eigenvalue weighted by molar-refractivity contribution is 0.0531. The van der Waals surface area contributed by atoms with Gasteiger partial charge in [0.15, 0.2) is 0 Å². The Bertz CT molecular complexity index is 296. The molecule has 0 saturated carbocycles. The van der Waals surface area contributed by atoms with E-state index < -0.39 is 0 Å². The van der Waals surface area contributed by atoms with Gasteiger partial charge in [-0.15, -0.1) is 0 Å². The highest BCUT2D eigenvalue weighted by Gasteiger charge is 2.39. The van der Waals surface area contributed by atoms with Gasteiger partial charge in [0.05, 0.1) is 0 Å². The normalized spacial score (nSPS) is 29.1. The number of rotatable bonds is 4. The van der Waals surface area contributed by atoms with Crippen LogP contribution in [-0.4, -0.2) is 48.1 Å². The summed E-state index contributed by atoms with van der Waals surface area (Å²) >= 11 is 0. The Morgan fingerprint density at radius 2 is 1.20 bits per heavy atom. The van der Waals surface area contributed by atoms with Gasteiger partial charge >= 0.3 is 0 Å². The van der Waals surface area contributed by atoms with Crippen molar-refractivity contribution >= 4 is 0 Å². The van der Waals surface area contributed by atoms with Gasteiger partial charge in [-0.3, -0.25) is 4.90 Å². The maximum Gasteiger partial charge on any atom is 0.0227 e. The van der Waals surface area contributed by atoms with E-state index in [-0.39, 0.29) is 0 Å². The van der Waals surface area contributed by atoms with E-state index in [1.165, 1.54) is 51.9 Å². The van der Waals surface area contributed by atoms with E-state index in [1.54, 1.807) is 0 Å². The fourth-order valence-electron chi connectivity index (χ4n) is 3.58. The molecule has 0 aromatic carbocycles. The zero-order valence-corrected chi connectivity index (χ0v) is 14.7. The Morgan fingerprint density at radius 1 is 0.750 bits per heavy atom. The Morgan fingerprint density at radius 3 is 1.65 bits per heavy atom. The highest BCUT2D eigenvalue weighted by atomic mass is 15.3. The first kappa shape index (κ1) is 16.3. The van der Waals surface area contributed by atoms with Crippen LogP contribution in [0.1, 0.15) is 67.2 Å². The lowest BCUT2D eigenvalue weighted by Gasteiger charge is -2.42. The van der Waals surface area contributed by atoms with Gasteiger partial charge in [0.25, 0.3) is 0 Å². The predicted molar refractivity (Wildman–Crippen MR) is 88.1 cm³/mol. The first-order chi connectivity index (χ1) is 9.14. The molecule has 0 N–H and O–H groups in total. The van der Waals surface area contributed by atoms with Crippen LogP contribution in [0.5, 0.6) is 0 Å². The van der Waals surface area contributed by atoms with Crippen molar-refractivity contribution in [1.82, 2.24) is 9.80 Å².